The van der Waals surface area contributed by atoms with Crippen LogP contribution in [0, 0.1) is 10.1 Å². The van der Waals surface area contributed by atoms with E-state index in [4.69, 9.17) is 10.5 Å². The first-order valence-electron chi connectivity index (χ1n) is 4.29. The van der Waals surface area contributed by atoms with Crippen molar-refractivity contribution in [3.63, 3.8) is 0 Å². The maximum absolute atomic E-state index is 11.0. The molecule has 0 fully saturated rings. The second kappa shape index (κ2) is 4.41. The summed E-state index contributed by atoms with van der Waals surface area (Å²) < 4.78 is 4.78. The third-order valence-corrected chi connectivity index (χ3v) is 1.73. The van der Waals surface area contributed by atoms with E-state index >= 15 is 0 Å². The molecule has 1 rings (SSSR count). The van der Waals surface area contributed by atoms with Gasteiger partial charge in [-0.2, -0.15) is 0 Å². The summed E-state index contributed by atoms with van der Waals surface area (Å²) in [5.74, 6) is -0.657. The van der Waals surface area contributed by atoms with Crippen molar-refractivity contribution in [3.8, 4) is 5.75 Å². The summed E-state index contributed by atoms with van der Waals surface area (Å²) in [6.07, 6.45) is 0.145. The molecule has 0 bridgehead atoms. The van der Waals surface area contributed by atoms with E-state index in [0.29, 0.717) is 0 Å². The van der Waals surface area contributed by atoms with Gasteiger partial charge in [0.05, 0.1) is 4.92 Å². The van der Waals surface area contributed by atoms with Crippen LogP contribution >= 0.6 is 0 Å². The van der Waals surface area contributed by atoms with Crippen molar-refractivity contribution in [1.82, 2.24) is 0 Å². The summed E-state index contributed by atoms with van der Waals surface area (Å²) in [4.78, 5) is 21.0. The van der Waals surface area contributed by atoms with Gasteiger partial charge < -0.3 is 10.5 Å². The molecule has 0 atom stereocenters. The van der Waals surface area contributed by atoms with Crippen molar-refractivity contribution in [2.45, 2.75) is 13.3 Å². The lowest BCUT2D eigenvalue weighted by Gasteiger charge is -2.04. The average molecular weight is 210 g/mol. The number of ether oxygens (including phenoxy) is 1. The van der Waals surface area contributed by atoms with Crippen molar-refractivity contribution >= 4 is 17.3 Å². The Hall–Kier alpha value is -2.11. The fraction of sp³-hybridized carbons (Fsp3) is 0.222. The van der Waals surface area contributed by atoms with Gasteiger partial charge in [-0.3, -0.25) is 14.9 Å². The number of hydrogen-bond acceptors (Lipinski definition) is 5. The number of benzene rings is 1. The van der Waals surface area contributed by atoms with E-state index in [9.17, 15) is 14.9 Å². The van der Waals surface area contributed by atoms with E-state index < -0.39 is 10.9 Å². The number of esters is 1. The van der Waals surface area contributed by atoms with Crippen molar-refractivity contribution in [2.75, 3.05) is 5.73 Å². The Labute approximate surface area is 85.8 Å². The summed E-state index contributed by atoms with van der Waals surface area (Å²) >= 11 is 0. The highest BCUT2D eigenvalue weighted by Gasteiger charge is 2.20. The van der Waals surface area contributed by atoms with Crippen LogP contribution in [0.4, 0.5) is 11.4 Å². The van der Waals surface area contributed by atoms with Gasteiger partial charge >= 0.3 is 11.7 Å². The highest BCUT2D eigenvalue weighted by Crippen LogP contribution is 2.32. The molecule has 0 amide bonds. The first-order chi connectivity index (χ1) is 7.06. The molecular weight excluding hydrogens is 200 g/mol. The molecule has 0 heterocycles. The first-order valence-corrected chi connectivity index (χ1v) is 4.29. The number of rotatable bonds is 3. The van der Waals surface area contributed by atoms with E-state index in [1.165, 1.54) is 18.2 Å². The molecule has 2 N–H and O–H groups in total. The molecule has 1 aromatic carbocycles. The topological polar surface area (TPSA) is 95.5 Å². The van der Waals surface area contributed by atoms with E-state index in [0.717, 1.165) is 0 Å². The Bertz CT molecular complexity index is 403. The molecule has 0 saturated carbocycles. The predicted molar refractivity (Wildman–Crippen MR) is 53.4 cm³/mol. The Balaban J connectivity index is 3.11. The third-order valence-electron chi connectivity index (χ3n) is 1.73. The minimum Gasteiger partial charge on any atom is -0.419 e. The average Bonchev–Trinajstić information content (AvgIpc) is 2.17. The van der Waals surface area contributed by atoms with Gasteiger partial charge in [0.2, 0.25) is 5.75 Å². The van der Waals surface area contributed by atoms with Gasteiger partial charge in [0.15, 0.2) is 0 Å². The lowest BCUT2D eigenvalue weighted by Crippen LogP contribution is -2.08. The van der Waals surface area contributed by atoms with Crippen LogP contribution in [0.3, 0.4) is 0 Å². The number of nitro groups is 1. The predicted octanol–water partition coefficient (Wildman–Crippen LogP) is 1.49. The summed E-state index contributed by atoms with van der Waals surface area (Å²) in [7, 11) is 0. The summed E-state index contributed by atoms with van der Waals surface area (Å²) in [6, 6.07) is 4.20. The van der Waals surface area contributed by atoms with Crippen LogP contribution in [0.15, 0.2) is 18.2 Å². The largest absolute Gasteiger partial charge is 0.419 e. The number of hydrogen-bond donors (Lipinski definition) is 1. The number of anilines is 1. The fourth-order valence-electron chi connectivity index (χ4n) is 1.01. The molecule has 6 nitrogen and oxygen atoms in total. The lowest BCUT2D eigenvalue weighted by atomic mass is 10.2. The molecule has 15 heavy (non-hydrogen) atoms. The molecule has 0 radical (unpaired) electrons. The fourth-order valence-corrected chi connectivity index (χ4v) is 1.01. The maximum Gasteiger partial charge on any atom is 0.334 e. The van der Waals surface area contributed by atoms with Gasteiger partial charge in [-0.15, -0.1) is 0 Å². The van der Waals surface area contributed by atoms with Crippen molar-refractivity contribution < 1.29 is 14.5 Å². The third kappa shape index (κ3) is 2.43. The van der Waals surface area contributed by atoms with E-state index in [-0.39, 0.29) is 23.5 Å². The number of nitrogen functional groups attached to an aromatic ring is 1. The monoisotopic (exact) mass is 210 g/mol. The molecular formula is C9H10N2O4. The van der Waals surface area contributed by atoms with Crippen LogP contribution in [0.25, 0.3) is 0 Å². The molecule has 0 aromatic heterocycles. The van der Waals surface area contributed by atoms with E-state index in [1.807, 2.05) is 0 Å². The van der Waals surface area contributed by atoms with Gasteiger partial charge in [0, 0.05) is 6.42 Å². The molecule has 0 aliphatic carbocycles. The van der Waals surface area contributed by atoms with Crippen molar-refractivity contribution in [1.29, 1.82) is 0 Å². The molecule has 0 saturated heterocycles. The van der Waals surface area contributed by atoms with Crippen molar-refractivity contribution in [3.05, 3.63) is 28.3 Å². The number of nitrogens with two attached hydrogens (primary N) is 1. The van der Waals surface area contributed by atoms with Crippen LogP contribution in [-0.4, -0.2) is 10.9 Å². The molecule has 0 aliphatic rings. The van der Waals surface area contributed by atoms with E-state index in [2.05, 4.69) is 0 Å². The second-order valence-electron chi connectivity index (χ2n) is 2.78. The Morgan fingerprint density at radius 2 is 2.27 bits per heavy atom. The van der Waals surface area contributed by atoms with Crippen LogP contribution in [0.1, 0.15) is 13.3 Å². The Kier molecular flexibility index (Phi) is 3.22. The second-order valence-corrected chi connectivity index (χ2v) is 2.78. The first kappa shape index (κ1) is 11.0. The normalized spacial score (nSPS) is 9.67. The standard InChI is InChI=1S/C9H10N2O4/c1-2-8(12)15-7-5-3-4-6(10)9(7)11(13)14/h3-5H,2,10H2,1H3. The minimum atomic E-state index is -0.673. The zero-order valence-corrected chi connectivity index (χ0v) is 8.10. The molecule has 80 valence electrons. The van der Waals surface area contributed by atoms with Gasteiger partial charge in [-0.05, 0) is 12.1 Å². The van der Waals surface area contributed by atoms with Crippen molar-refractivity contribution in [2.24, 2.45) is 0 Å². The van der Waals surface area contributed by atoms with Crippen LogP contribution in [0.2, 0.25) is 0 Å². The SMILES string of the molecule is CCC(=O)Oc1cccc(N)c1[N+](=O)[O-]. The number of para-hydroxylation sites is 1. The quantitative estimate of drug-likeness (QED) is 0.268. The maximum atomic E-state index is 11.0. The van der Waals surface area contributed by atoms with Gasteiger partial charge in [0.25, 0.3) is 0 Å². The molecule has 0 spiro atoms. The number of nitro benzene ring substituents is 1. The Morgan fingerprint density at radius 3 is 2.80 bits per heavy atom. The van der Waals surface area contributed by atoms with Gasteiger partial charge in [0.1, 0.15) is 5.69 Å². The molecule has 0 aliphatic heterocycles. The summed E-state index contributed by atoms with van der Waals surface area (Å²) in [5.41, 5.74) is 5.00. The summed E-state index contributed by atoms with van der Waals surface area (Å²) in [5, 5.41) is 10.6. The lowest BCUT2D eigenvalue weighted by molar-refractivity contribution is -0.384. The van der Waals surface area contributed by atoms with Crippen LogP contribution in [0.5, 0.6) is 5.75 Å². The van der Waals surface area contributed by atoms with Crippen LogP contribution < -0.4 is 10.5 Å². The van der Waals surface area contributed by atoms with E-state index in [1.54, 1.807) is 6.92 Å². The van der Waals surface area contributed by atoms with Gasteiger partial charge in [-0.1, -0.05) is 13.0 Å². The highest BCUT2D eigenvalue weighted by atomic mass is 16.6. The zero-order chi connectivity index (χ0) is 11.4. The number of carbonyl (C=O) groups excluding carboxylic acids is 1. The van der Waals surface area contributed by atoms with Crippen LogP contribution in [-0.2, 0) is 4.79 Å². The highest BCUT2D eigenvalue weighted by molar-refractivity contribution is 5.76. The molecule has 0 unspecified atom stereocenters. The smallest absolute Gasteiger partial charge is 0.334 e. The zero-order valence-electron chi connectivity index (χ0n) is 8.10. The molecule has 6 heteroatoms. The minimum absolute atomic E-state index is 0.0265. The summed E-state index contributed by atoms with van der Waals surface area (Å²) in [6.45, 7) is 1.60. The molecule has 1 aromatic rings. The van der Waals surface area contributed by atoms with Gasteiger partial charge in [-0.25, -0.2) is 0 Å². The Morgan fingerprint density at radius 1 is 1.60 bits per heavy atom. The number of carbonyl (C=O) groups is 1. The number of nitrogens with zero attached hydrogens (tertiary/aromatic N) is 1.